The van der Waals surface area contributed by atoms with E-state index in [1.165, 1.54) is 44.4 Å². The summed E-state index contributed by atoms with van der Waals surface area (Å²) in [6, 6.07) is 32.7. The highest BCUT2D eigenvalue weighted by Gasteiger charge is 2.22. The number of carboxylic acid groups (broad SMARTS) is 1. The van der Waals surface area contributed by atoms with Crippen molar-refractivity contribution in [3.05, 3.63) is 132 Å². The molecule has 0 atom stereocenters. The van der Waals surface area contributed by atoms with Crippen LogP contribution in [0, 0.1) is 0 Å². The molecule has 5 nitrogen and oxygen atoms in total. The van der Waals surface area contributed by atoms with E-state index in [1.807, 2.05) is 18.0 Å². The number of carboxylic acids is 1. The van der Waals surface area contributed by atoms with Gasteiger partial charge in [-0.1, -0.05) is 48.5 Å². The molecule has 0 spiro atoms. The lowest BCUT2D eigenvalue weighted by atomic mass is 10.1. The van der Waals surface area contributed by atoms with E-state index in [4.69, 9.17) is 0 Å². The summed E-state index contributed by atoms with van der Waals surface area (Å²) in [6.07, 6.45) is 8.71. The summed E-state index contributed by atoms with van der Waals surface area (Å²) >= 11 is 0. The summed E-state index contributed by atoms with van der Waals surface area (Å²) in [4.78, 5) is 15.6. The lowest BCUT2D eigenvalue weighted by Crippen LogP contribution is -2.25. The third-order valence-corrected chi connectivity index (χ3v) is 8.01. The third-order valence-electron chi connectivity index (χ3n) is 8.01. The Balaban J connectivity index is 1.21. The van der Waals surface area contributed by atoms with E-state index in [-0.39, 0.29) is 0 Å². The van der Waals surface area contributed by atoms with Crippen LogP contribution in [0.15, 0.2) is 120 Å². The van der Waals surface area contributed by atoms with Crippen molar-refractivity contribution >= 4 is 45.2 Å². The molecule has 0 bridgehead atoms. The highest BCUT2D eigenvalue weighted by Crippen LogP contribution is 2.39. The van der Waals surface area contributed by atoms with Crippen molar-refractivity contribution < 1.29 is 9.90 Å². The van der Waals surface area contributed by atoms with Gasteiger partial charge < -0.3 is 19.5 Å². The minimum absolute atomic E-state index is 0.402. The zero-order chi connectivity index (χ0) is 27.2. The maximum Gasteiger partial charge on any atom is 0.333 e. The first-order valence-electron chi connectivity index (χ1n) is 13.6. The number of aromatic nitrogens is 1. The molecule has 7 rings (SSSR count). The molecule has 0 amide bonds. The quantitative estimate of drug-likeness (QED) is 0.262. The largest absolute Gasteiger partial charge is 0.478 e. The normalized spacial score (nSPS) is 15.1. The number of benzene rings is 4. The molecule has 3 heterocycles. The minimum atomic E-state index is -0.865. The van der Waals surface area contributed by atoms with Crippen molar-refractivity contribution in [2.75, 3.05) is 25.0 Å². The molecule has 0 saturated carbocycles. The Kier molecular flexibility index (Phi) is 5.78. The molecule has 0 aliphatic carbocycles. The number of rotatable bonds is 5. The van der Waals surface area contributed by atoms with Crippen molar-refractivity contribution in [3.63, 3.8) is 0 Å². The average Bonchev–Trinajstić information content (AvgIpc) is 3.55. The highest BCUT2D eigenvalue weighted by molar-refractivity contribution is 6.10. The Morgan fingerprint density at radius 3 is 2.42 bits per heavy atom. The Morgan fingerprint density at radius 1 is 0.800 bits per heavy atom. The summed E-state index contributed by atoms with van der Waals surface area (Å²) in [5.74, 6) is -0.865. The average molecular weight is 524 g/mol. The van der Waals surface area contributed by atoms with Crippen LogP contribution in [0.25, 0.3) is 33.6 Å². The molecule has 5 aromatic rings. The number of carbonyl (C=O) groups is 1. The number of nitrogens with zero attached hydrogens (tertiary/aromatic N) is 3. The van der Waals surface area contributed by atoms with Gasteiger partial charge in [-0.05, 0) is 84.3 Å². The summed E-state index contributed by atoms with van der Waals surface area (Å²) < 4.78 is 2.35. The van der Waals surface area contributed by atoms with Gasteiger partial charge in [-0.15, -0.1) is 0 Å². The second kappa shape index (κ2) is 9.62. The number of hydrogen-bond donors (Lipinski definition) is 1. The van der Waals surface area contributed by atoms with Crippen LogP contribution < -0.4 is 4.90 Å². The second-order valence-electron chi connectivity index (χ2n) is 10.5. The molecule has 5 heteroatoms. The van der Waals surface area contributed by atoms with Gasteiger partial charge in [0, 0.05) is 53.7 Å². The molecule has 2 aliphatic rings. The van der Waals surface area contributed by atoms with Crippen LogP contribution in [0.4, 0.5) is 11.4 Å². The summed E-state index contributed by atoms with van der Waals surface area (Å²) in [6.45, 7) is 1.35. The SMILES string of the molecule is CN1CC(C(=O)O)=CC=C1C=Cc1ccc2c(c1)CCN2c1ccc2c(c1)c1ccccc1n2-c1ccccc1. The molecule has 40 heavy (non-hydrogen) atoms. The first kappa shape index (κ1) is 24.0. The third kappa shape index (κ3) is 4.07. The van der Waals surface area contributed by atoms with Crippen molar-refractivity contribution in [2.45, 2.75) is 6.42 Å². The predicted octanol–water partition coefficient (Wildman–Crippen LogP) is 7.33. The van der Waals surface area contributed by atoms with Crippen LogP contribution in [-0.2, 0) is 11.2 Å². The second-order valence-corrected chi connectivity index (χ2v) is 10.5. The Hall–Kier alpha value is -5.03. The molecule has 1 aromatic heterocycles. The molecular formula is C35H29N3O2. The molecule has 0 saturated heterocycles. The van der Waals surface area contributed by atoms with E-state index in [2.05, 4.69) is 113 Å². The topological polar surface area (TPSA) is 48.7 Å². The van der Waals surface area contributed by atoms with E-state index in [1.54, 1.807) is 6.08 Å². The number of aliphatic carboxylic acids is 1. The summed E-state index contributed by atoms with van der Waals surface area (Å²) in [5.41, 5.74) is 9.94. The van der Waals surface area contributed by atoms with Crippen LogP contribution in [0.2, 0.25) is 0 Å². The zero-order valence-corrected chi connectivity index (χ0v) is 22.3. The fraction of sp³-hybridized carbons (Fsp3) is 0.114. The molecular weight excluding hydrogens is 494 g/mol. The van der Waals surface area contributed by atoms with Gasteiger partial charge in [-0.3, -0.25) is 0 Å². The molecule has 196 valence electrons. The Labute approximate surface area is 233 Å². The molecule has 0 fully saturated rings. The number of anilines is 2. The Morgan fingerprint density at radius 2 is 1.60 bits per heavy atom. The lowest BCUT2D eigenvalue weighted by Gasteiger charge is -2.23. The van der Waals surface area contributed by atoms with E-state index < -0.39 is 5.97 Å². The van der Waals surface area contributed by atoms with Crippen molar-refractivity contribution in [3.8, 4) is 5.69 Å². The highest BCUT2D eigenvalue weighted by atomic mass is 16.4. The minimum Gasteiger partial charge on any atom is -0.478 e. The van der Waals surface area contributed by atoms with Crippen molar-refractivity contribution in [2.24, 2.45) is 0 Å². The summed E-state index contributed by atoms with van der Waals surface area (Å²) in [7, 11) is 1.92. The zero-order valence-electron chi connectivity index (χ0n) is 22.3. The molecule has 2 aliphatic heterocycles. The fourth-order valence-corrected chi connectivity index (χ4v) is 5.99. The van der Waals surface area contributed by atoms with Gasteiger partial charge in [0.2, 0.25) is 0 Å². The van der Waals surface area contributed by atoms with Gasteiger partial charge in [-0.2, -0.15) is 0 Å². The van der Waals surface area contributed by atoms with E-state index in [9.17, 15) is 9.90 Å². The van der Waals surface area contributed by atoms with Crippen LogP contribution in [-0.4, -0.2) is 40.7 Å². The maximum atomic E-state index is 11.3. The van der Waals surface area contributed by atoms with Gasteiger partial charge in [0.05, 0.1) is 16.6 Å². The van der Waals surface area contributed by atoms with Gasteiger partial charge in [0.15, 0.2) is 0 Å². The summed E-state index contributed by atoms with van der Waals surface area (Å²) in [5, 5.41) is 11.8. The monoisotopic (exact) mass is 523 g/mol. The van der Waals surface area contributed by atoms with Gasteiger partial charge in [0.25, 0.3) is 0 Å². The predicted molar refractivity (Wildman–Crippen MR) is 163 cm³/mol. The van der Waals surface area contributed by atoms with Crippen LogP contribution in [0.5, 0.6) is 0 Å². The van der Waals surface area contributed by atoms with Crippen LogP contribution >= 0.6 is 0 Å². The smallest absolute Gasteiger partial charge is 0.333 e. The van der Waals surface area contributed by atoms with Gasteiger partial charge in [-0.25, -0.2) is 4.79 Å². The number of hydrogen-bond acceptors (Lipinski definition) is 3. The number of allylic oxidation sites excluding steroid dienone is 3. The first-order valence-corrected chi connectivity index (χ1v) is 13.6. The standard InChI is InChI=1S/C35H29N3O2/c1-36-23-26(35(39)40)13-15-27(36)14-11-24-12-17-32-25(21-24)19-20-37(32)29-16-18-34-31(22-29)30-9-5-6-10-33(30)38(34)28-7-3-2-4-8-28/h2-18,21-22H,19-20,23H2,1H3,(H,39,40). The van der Waals surface area contributed by atoms with Crippen LogP contribution in [0.3, 0.4) is 0 Å². The molecule has 4 aromatic carbocycles. The van der Waals surface area contributed by atoms with Crippen molar-refractivity contribution in [1.82, 2.24) is 9.47 Å². The lowest BCUT2D eigenvalue weighted by molar-refractivity contribution is -0.132. The van der Waals surface area contributed by atoms with Crippen LogP contribution in [0.1, 0.15) is 11.1 Å². The first-order chi connectivity index (χ1) is 19.6. The fourth-order valence-electron chi connectivity index (χ4n) is 5.99. The van der Waals surface area contributed by atoms with E-state index >= 15 is 0 Å². The van der Waals surface area contributed by atoms with Crippen molar-refractivity contribution in [1.29, 1.82) is 0 Å². The van der Waals surface area contributed by atoms with Gasteiger partial charge >= 0.3 is 5.97 Å². The molecule has 0 radical (unpaired) electrons. The van der Waals surface area contributed by atoms with E-state index in [0.29, 0.717) is 12.1 Å². The Bertz CT molecular complexity index is 1880. The number of para-hydroxylation sites is 2. The number of fused-ring (bicyclic) bond motifs is 4. The molecule has 1 N–H and O–H groups in total. The number of likely N-dealkylation sites (N-methyl/N-ethyl adjacent to an activating group) is 1. The molecule has 0 unspecified atom stereocenters. The van der Waals surface area contributed by atoms with Gasteiger partial charge in [0.1, 0.15) is 0 Å². The maximum absolute atomic E-state index is 11.3. The van der Waals surface area contributed by atoms with E-state index in [0.717, 1.165) is 24.2 Å².